The largest absolute Gasteiger partial charge is 0.394 e. The van der Waals surface area contributed by atoms with Crippen molar-refractivity contribution in [3.63, 3.8) is 0 Å². The summed E-state index contributed by atoms with van der Waals surface area (Å²) in [6.07, 6.45) is 0.658. The molecule has 0 saturated carbocycles. The molecule has 0 spiro atoms. The molecule has 0 bridgehead atoms. The lowest BCUT2D eigenvalue weighted by atomic mass is 10.0. The van der Waals surface area contributed by atoms with Crippen LogP contribution in [-0.4, -0.2) is 29.5 Å². The van der Waals surface area contributed by atoms with Gasteiger partial charge in [0.15, 0.2) is 0 Å². The van der Waals surface area contributed by atoms with Crippen molar-refractivity contribution in [2.75, 3.05) is 11.9 Å². The molecule has 1 aromatic carbocycles. The molecule has 0 radical (unpaired) electrons. The van der Waals surface area contributed by atoms with Gasteiger partial charge in [0.25, 0.3) is 5.76 Å². The molecule has 1 aromatic rings. The Morgan fingerprint density at radius 3 is 2.67 bits per heavy atom. The van der Waals surface area contributed by atoms with Crippen LogP contribution in [0.2, 0.25) is 0 Å². The first-order valence-corrected chi connectivity index (χ1v) is 7.52. The number of benzene rings is 1. The number of alkyl halides is 2. The minimum Gasteiger partial charge on any atom is -0.394 e. The van der Waals surface area contributed by atoms with Gasteiger partial charge in [0.2, 0.25) is 0 Å². The van der Waals surface area contributed by atoms with Gasteiger partial charge in [0.1, 0.15) is 0 Å². The molecule has 3 N–H and O–H groups in total. The normalized spacial score (nSPS) is 12.5. The molecule has 0 aliphatic carbocycles. The Morgan fingerprint density at radius 2 is 2.10 bits per heavy atom. The van der Waals surface area contributed by atoms with Gasteiger partial charge in [0, 0.05) is 10.6 Å². The summed E-state index contributed by atoms with van der Waals surface area (Å²) >= 11 is 0.421. The van der Waals surface area contributed by atoms with E-state index in [1.165, 1.54) is 6.07 Å². The van der Waals surface area contributed by atoms with Gasteiger partial charge in [-0.2, -0.15) is 8.78 Å². The summed E-state index contributed by atoms with van der Waals surface area (Å²) < 4.78 is 24.6. The Hall–Kier alpha value is -1.34. The maximum Gasteiger partial charge on any atom is 0.319 e. The minimum atomic E-state index is -2.50. The van der Waals surface area contributed by atoms with E-state index in [-0.39, 0.29) is 12.6 Å². The van der Waals surface area contributed by atoms with Gasteiger partial charge in [0.05, 0.1) is 12.6 Å². The van der Waals surface area contributed by atoms with Gasteiger partial charge in [-0.05, 0) is 30.5 Å². The molecule has 0 fully saturated rings. The summed E-state index contributed by atoms with van der Waals surface area (Å²) in [5.74, 6) is -2.16. The molecule has 0 aliphatic heterocycles. The summed E-state index contributed by atoms with van der Waals surface area (Å²) in [5.41, 5.74) is 0.430. The van der Waals surface area contributed by atoms with Crippen molar-refractivity contribution < 1.29 is 18.7 Å². The van der Waals surface area contributed by atoms with Crippen molar-refractivity contribution in [3.05, 3.63) is 24.3 Å². The summed E-state index contributed by atoms with van der Waals surface area (Å²) in [5, 5.41) is 14.4. The predicted molar refractivity (Wildman–Crippen MR) is 80.8 cm³/mol. The number of rotatable bonds is 7. The van der Waals surface area contributed by atoms with Gasteiger partial charge in [-0.25, -0.2) is 4.79 Å². The second-order valence-corrected chi connectivity index (χ2v) is 6.08. The SMILES string of the molecule is CC(C)CC(CO)NC(=O)Nc1cccc(SC(F)F)c1. The summed E-state index contributed by atoms with van der Waals surface area (Å²) in [6.45, 7) is 3.84. The van der Waals surface area contributed by atoms with Crippen molar-refractivity contribution in [1.82, 2.24) is 5.32 Å². The van der Waals surface area contributed by atoms with Crippen LogP contribution in [0.15, 0.2) is 29.2 Å². The van der Waals surface area contributed by atoms with Crippen LogP contribution in [-0.2, 0) is 0 Å². The number of carbonyl (C=O) groups is 1. The molecule has 0 aromatic heterocycles. The van der Waals surface area contributed by atoms with Gasteiger partial charge in [-0.15, -0.1) is 0 Å². The number of aliphatic hydroxyl groups is 1. The number of halogens is 2. The van der Waals surface area contributed by atoms with E-state index in [0.717, 1.165) is 0 Å². The van der Waals surface area contributed by atoms with E-state index in [1.54, 1.807) is 18.2 Å². The fraction of sp³-hybridized carbons (Fsp3) is 0.500. The van der Waals surface area contributed by atoms with Crippen LogP contribution in [0.25, 0.3) is 0 Å². The Kier molecular flexibility index (Phi) is 7.45. The topological polar surface area (TPSA) is 61.4 Å². The Labute approximate surface area is 127 Å². The quantitative estimate of drug-likeness (QED) is 0.674. The Bertz CT molecular complexity index is 458. The molecule has 0 heterocycles. The first-order chi connectivity index (χ1) is 9.90. The molecule has 1 unspecified atom stereocenters. The van der Waals surface area contributed by atoms with Crippen molar-refractivity contribution in [3.8, 4) is 0 Å². The van der Waals surface area contributed by atoms with Crippen LogP contribution in [0.3, 0.4) is 0 Å². The molecule has 1 atom stereocenters. The van der Waals surface area contributed by atoms with Crippen molar-refractivity contribution in [2.24, 2.45) is 5.92 Å². The highest BCUT2D eigenvalue weighted by Gasteiger charge is 2.13. The van der Waals surface area contributed by atoms with Crippen molar-refractivity contribution in [1.29, 1.82) is 0 Å². The van der Waals surface area contributed by atoms with Gasteiger partial charge in [-0.3, -0.25) is 0 Å². The Morgan fingerprint density at radius 1 is 1.38 bits per heavy atom. The zero-order valence-electron chi connectivity index (χ0n) is 12.0. The average Bonchev–Trinajstić information content (AvgIpc) is 2.36. The first kappa shape index (κ1) is 17.7. The average molecular weight is 318 g/mol. The predicted octanol–water partition coefficient (Wildman–Crippen LogP) is 3.53. The minimum absolute atomic E-state index is 0.146. The maximum atomic E-state index is 12.3. The number of thioether (sulfide) groups is 1. The fourth-order valence-electron chi connectivity index (χ4n) is 1.85. The first-order valence-electron chi connectivity index (χ1n) is 6.64. The van der Waals surface area contributed by atoms with E-state index in [9.17, 15) is 18.7 Å². The third kappa shape index (κ3) is 7.29. The van der Waals surface area contributed by atoms with E-state index in [2.05, 4.69) is 10.6 Å². The van der Waals surface area contributed by atoms with E-state index >= 15 is 0 Å². The van der Waals surface area contributed by atoms with Gasteiger partial charge in [-0.1, -0.05) is 31.7 Å². The number of amides is 2. The van der Waals surface area contributed by atoms with E-state index < -0.39 is 11.8 Å². The highest BCUT2D eigenvalue weighted by molar-refractivity contribution is 7.99. The summed E-state index contributed by atoms with van der Waals surface area (Å²) in [7, 11) is 0. The van der Waals surface area contributed by atoms with Crippen LogP contribution in [0.4, 0.5) is 19.3 Å². The zero-order chi connectivity index (χ0) is 15.8. The molecule has 21 heavy (non-hydrogen) atoms. The molecule has 4 nitrogen and oxygen atoms in total. The molecule has 0 saturated heterocycles. The van der Waals surface area contributed by atoms with Gasteiger partial charge >= 0.3 is 6.03 Å². The van der Waals surface area contributed by atoms with Crippen LogP contribution in [0.5, 0.6) is 0 Å². The number of hydrogen-bond acceptors (Lipinski definition) is 3. The molecule has 7 heteroatoms. The second kappa shape index (κ2) is 8.84. The van der Waals surface area contributed by atoms with Crippen LogP contribution in [0, 0.1) is 5.92 Å². The van der Waals surface area contributed by atoms with E-state index in [1.807, 2.05) is 13.8 Å². The van der Waals surface area contributed by atoms with E-state index in [0.29, 0.717) is 34.7 Å². The van der Waals surface area contributed by atoms with Gasteiger partial charge < -0.3 is 15.7 Å². The lowest BCUT2D eigenvalue weighted by molar-refractivity contribution is 0.214. The van der Waals surface area contributed by atoms with E-state index in [4.69, 9.17) is 0 Å². The lowest BCUT2D eigenvalue weighted by Gasteiger charge is -2.18. The third-order valence-electron chi connectivity index (χ3n) is 2.63. The monoisotopic (exact) mass is 318 g/mol. The number of aliphatic hydroxyl groups excluding tert-OH is 1. The lowest BCUT2D eigenvalue weighted by Crippen LogP contribution is -2.40. The fourth-order valence-corrected chi connectivity index (χ4v) is 2.41. The molecule has 1 rings (SSSR count). The molecular weight excluding hydrogens is 298 g/mol. The van der Waals surface area contributed by atoms with Crippen LogP contribution in [0.1, 0.15) is 20.3 Å². The second-order valence-electron chi connectivity index (χ2n) is 5.01. The number of hydrogen-bond donors (Lipinski definition) is 3. The molecule has 2 amide bonds. The number of nitrogens with one attached hydrogen (secondary N) is 2. The summed E-state index contributed by atoms with van der Waals surface area (Å²) in [4.78, 5) is 12.2. The summed E-state index contributed by atoms with van der Waals surface area (Å²) in [6, 6.07) is 5.45. The van der Waals surface area contributed by atoms with Crippen molar-refractivity contribution in [2.45, 2.75) is 37.0 Å². The number of carbonyl (C=O) groups excluding carboxylic acids is 1. The van der Waals surface area contributed by atoms with Crippen LogP contribution >= 0.6 is 11.8 Å². The molecule has 118 valence electrons. The standard InChI is InChI=1S/C14H20F2N2O2S/c1-9(2)6-11(8-19)18-14(20)17-10-4-3-5-12(7-10)21-13(15)16/h3-5,7,9,11,13,19H,6,8H2,1-2H3,(H2,17,18,20). The van der Waals surface area contributed by atoms with Crippen molar-refractivity contribution >= 4 is 23.5 Å². The third-order valence-corrected chi connectivity index (χ3v) is 3.33. The molecule has 0 aliphatic rings. The smallest absolute Gasteiger partial charge is 0.319 e. The highest BCUT2D eigenvalue weighted by Crippen LogP contribution is 2.27. The zero-order valence-corrected chi connectivity index (χ0v) is 12.8. The highest BCUT2D eigenvalue weighted by atomic mass is 32.2. The van der Waals surface area contributed by atoms with Crippen LogP contribution < -0.4 is 10.6 Å². The Balaban J connectivity index is 2.57. The number of urea groups is 1. The number of anilines is 1. The molecular formula is C14H20F2N2O2S. The maximum absolute atomic E-state index is 12.3.